The normalized spacial score (nSPS) is 14.1. The first-order valence-corrected chi connectivity index (χ1v) is 10.3. The standard InChI is InChI=1S/C21H19ClN2O4S/c1-27-13-6-7-15-17(12-13)29-19(18(15)22)20(25)23-16-5-3-2-4-14(16)21(26)24-8-10-28-11-9-24/h2-7,12H,8-11H2,1H3,(H,23,25). The quantitative estimate of drug-likeness (QED) is 0.670. The van der Waals surface area contributed by atoms with Gasteiger partial charge in [-0.15, -0.1) is 11.3 Å². The van der Waals surface area contributed by atoms with Crippen LogP contribution < -0.4 is 10.1 Å². The Labute approximate surface area is 177 Å². The zero-order valence-corrected chi connectivity index (χ0v) is 17.3. The summed E-state index contributed by atoms with van der Waals surface area (Å²) in [5.74, 6) is 0.220. The molecular weight excluding hydrogens is 412 g/mol. The van der Waals surface area contributed by atoms with Gasteiger partial charge in [0, 0.05) is 23.2 Å². The number of para-hydroxylation sites is 1. The minimum absolute atomic E-state index is 0.128. The lowest BCUT2D eigenvalue weighted by Crippen LogP contribution is -2.41. The van der Waals surface area contributed by atoms with E-state index in [0.717, 1.165) is 10.1 Å². The Hall–Kier alpha value is -2.61. The molecule has 1 aliphatic heterocycles. The first kappa shape index (κ1) is 19.7. The summed E-state index contributed by atoms with van der Waals surface area (Å²) in [4.78, 5) is 28.0. The highest BCUT2D eigenvalue weighted by atomic mass is 35.5. The number of morpholine rings is 1. The van der Waals surface area contributed by atoms with E-state index in [2.05, 4.69) is 5.32 Å². The third-order valence-electron chi connectivity index (χ3n) is 4.75. The Bertz CT molecular complexity index is 1080. The molecule has 2 aromatic carbocycles. The van der Waals surface area contributed by atoms with Gasteiger partial charge in [0.1, 0.15) is 10.6 Å². The third-order valence-corrected chi connectivity index (χ3v) is 6.40. The molecule has 0 atom stereocenters. The maximum atomic E-state index is 12.9. The molecule has 29 heavy (non-hydrogen) atoms. The number of methoxy groups -OCH3 is 1. The summed E-state index contributed by atoms with van der Waals surface area (Å²) in [6, 6.07) is 12.5. The number of hydrogen-bond acceptors (Lipinski definition) is 5. The molecule has 0 saturated carbocycles. The molecule has 2 heterocycles. The summed E-state index contributed by atoms with van der Waals surface area (Å²) in [5.41, 5.74) is 0.904. The average molecular weight is 431 g/mol. The second-order valence-electron chi connectivity index (χ2n) is 6.51. The highest BCUT2D eigenvalue weighted by Crippen LogP contribution is 2.37. The lowest BCUT2D eigenvalue weighted by molar-refractivity contribution is 0.0303. The summed E-state index contributed by atoms with van der Waals surface area (Å²) in [6.07, 6.45) is 0. The van der Waals surface area contributed by atoms with Crippen LogP contribution in [0.3, 0.4) is 0 Å². The molecule has 1 N–H and O–H groups in total. The van der Waals surface area contributed by atoms with Crippen LogP contribution >= 0.6 is 22.9 Å². The number of rotatable bonds is 4. The van der Waals surface area contributed by atoms with Crippen molar-refractivity contribution in [3.8, 4) is 5.75 Å². The van der Waals surface area contributed by atoms with Crippen molar-refractivity contribution in [1.29, 1.82) is 0 Å². The van der Waals surface area contributed by atoms with Crippen molar-refractivity contribution in [3.63, 3.8) is 0 Å². The van der Waals surface area contributed by atoms with Crippen LogP contribution in [0.1, 0.15) is 20.0 Å². The summed E-state index contributed by atoms with van der Waals surface area (Å²) < 4.78 is 11.4. The summed E-state index contributed by atoms with van der Waals surface area (Å²) in [7, 11) is 1.59. The first-order chi connectivity index (χ1) is 14.1. The molecule has 0 bridgehead atoms. The van der Waals surface area contributed by atoms with Gasteiger partial charge in [-0.1, -0.05) is 23.7 Å². The number of nitrogens with zero attached hydrogens (tertiary/aromatic N) is 1. The van der Waals surface area contributed by atoms with Gasteiger partial charge in [0.25, 0.3) is 11.8 Å². The van der Waals surface area contributed by atoms with Crippen molar-refractivity contribution in [2.45, 2.75) is 0 Å². The molecule has 4 rings (SSSR count). The van der Waals surface area contributed by atoms with Crippen LogP contribution in [-0.4, -0.2) is 50.1 Å². The van der Waals surface area contributed by atoms with Crippen LogP contribution in [0.2, 0.25) is 5.02 Å². The zero-order chi connectivity index (χ0) is 20.4. The van der Waals surface area contributed by atoms with E-state index in [9.17, 15) is 9.59 Å². The number of benzene rings is 2. The topological polar surface area (TPSA) is 67.9 Å². The highest BCUT2D eigenvalue weighted by molar-refractivity contribution is 7.21. The van der Waals surface area contributed by atoms with E-state index in [0.29, 0.717) is 53.2 Å². The number of halogens is 1. The van der Waals surface area contributed by atoms with Crippen LogP contribution in [0.15, 0.2) is 42.5 Å². The van der Waals surface area contributed by atoms with Gasteiger partial charge in [0.15, 0.2) is 0 Å². The van der Waals surface area contributed by atoms with E-state index in [1.807, 2.05) is 12.1 Å². The van der Waals surface area contributed by atoms with Gasteiger partial charge in [0.05, 0.1) is 36.6 Å². The molecule has 1 fully saturated rings. The number of fused-ring (bicyclic) bond motifs is 1. The van der Waals surface area contributed by atoms with Crippen molar-refractivity contribution >= 4 is 50.5 Å². The van der Waals surface area contributed by atoms with Crippen LogP contribution in [0.5, 0.6) is 5.75 Å². The Kier molecular flexibility index (Phi) is 5.71. The SMILES string of the molecule is COc1ccc2c(Cl)c(C(=O)Nc3ccccc3C(=O)N3CCOCC3)sc2c1. The Morgan fingerprint density at radius 3 is 2.69 bits per heavy atom. The van der Waals surface area contributed by atoms with Crippen molar-refractivity contribution in [2.75, 3.05) is 38.7 Å². The average Bonchev–Trinajstić information content (AvgIpc) is 3.10. The largest absolute Gasteiger partial charge is 0.497 e. The van der Waals surface area contributed by atoms with E-state index in [4.69, 9.17) is 21.1 Å². The van der Waals surface area contributed by atoms with E-state index in [1.54, 1.807) is 42.3 Å². The number of anilines is 1. The number of nitrogens with one attached hydrogen (secondary N) is 1. The predicted octanol–water partition coefficient (Wildman–Crippen LogP) is 4.29. The number of thiophene rings is 1. The number of ether oxygens (including phenoxy) is 2. The van der Waals surface area contributed by atoms with E-state index < -0.39 is 0 Å². The fourth-order valence-corrected chi connectivity index (χ4v) is 4.65. The van der Waals surface area contributed by atoms with Gasteiger partial charge in [0.2, 0.25) is 0 Å². The Morgan fingerprint density at radius 1 is 1.17 bits per heavy atom. The molecule has 2 amide bonds. The smallest absolute Gasteiger partial charge is 0.267 e. The van der Waals surface area contributed by atoms with E-state index in [1.165, 1.54) is 11.3 Å². The molecule has 0 unspecified atom stereocenters. The molecule has 1 saturated heterocycles. The molecule has 6 nitrogen and oxygen atoms in total. The molecule has 0 spiro atoms. The van der Waals surface area contributed by atoms with Gasteiger partial charge in [-0.05, 0) is 30.3 Å². The van der Waals surface area contributed by atoms with Gasteiger partial charge in [-0.25, -0.2) is 0 Å². The molecule has 1 aromatic heterocycles. The van der Waals surface area contributed by atoms with Crippen LogP contribution in [0.4, 0.5) is 5.69 Å². The van der Waals surface area contributed by atoms with Gasteiger partial charge in [-0.3, -0.25) is 9.59 Å². The lowest BCUT2D eigenvalue weighted by atomic mass is 10.1. The van der Waals surface area contributed by atoms with Crippen molar-refractivity contribution in [2.24, 2.45) is 0 Å². The number of hydrogen-bond donors (Lipinski definition) is 1. The minimum atomic E-state index is -0.350. The van der Waals surface area contributed by atoms with Crippen molar-refractivity contribution in [3.05, 3.63) is 57.9 Å². The molecule has 8 heteroatoms. The molecule has 0 aliphatic carbocycles. The van der Waals surface area contributed by atoms with Crippen molar-refractivity contribution in [1.82, 2.24) is 4.90 Å². The highest BCUT2D eigenvalue weighted by Gasteiger charge is 2.23. The molecular formula is C21H19ClN2O4S. The lowest BCUT2D eigenvalue weighted by Gasteiger charge is -2.27. The van der Waals surface area contributed by atoms with Crippen molar-refractivity contribution < 1.29 is 19.1 Å². The predicted molar refractivity (Wildman–Crippen MR) is 115 cm³/mol. The Morgan fingerprint density at radius 2 is 1.93 bits per heavy atom. The zero-order valence-electron chi connectivity index (χ0n) is 15.7. The van der Waals surface area contributed by atoms with Crippen LogP contribution in [0.25, 0.3) is 10.1 Å². The van der Waals surface area contributed by atoms with E-state index >= 15 is 0 Å². The Balaban J connectivity index is 1.61. The summed E-state index contributed by atoms with van der Waals surface area (Å²) in [5, 5.41) is 4.04. The second kappa shape index (κ2) is 8.41. The maximum absolute atomic E-state index is 12.9. The molecule has 3 aromatic rings. The number of carbonyl (C=O) groups is 2. The second-order valence-corrected chi connectivity index (χ2v) is 7.94. The van der Waals surface area contributed by atoms with Gasteiger partial charge < -0.3 is 19.7 Å². The number of carbonyl (C=O) groups excluding carboxylic acids is 2. The van der Waals surface area contributed by atoms with E-state index in [-0.39, 0.29) is 11.8 Å². The van der Waals surface area contributed by atoms with Gasteiger partial charge >= 0.3 is 0 Å². The summed E-state index contributed by atoms with van der Waals surface area (Å²) in [6.45, 7) is 2.10. The number of amides is 2. The van der Waals surface area contributed by atoms with Gasteiger partial charge in [-0.2, -0.15) is 0 Å². The van der Waals surface area contributed by atoms with Crippen LogP contribution in [0, 0.1) is 0 Å². The monoisotopic (exact) mass is 430 g/mol. The molecule has 0 radical (unpaired) electrons. The third kappa shape index (κ3) is 3.94. The fraction of sp³-hybridized carbons (Fsp3) is 0.238. The van der Waals surface area contributed by atoms with Crippen LogP contribution in [-0.2, 0) is 4.74 Å². The summed E-state index contributed by atoms with van der Waals surface area (Å²) >= 11 is 7.74. The molecule has 1 aliphatic rings. The molecule has 150 valence electrons. The minimum Gasteiger partial charge on any atom is -0.497 e. The fourth-order valence-electron chi connectivity index (χ4n) is 3.21. The first-order valence-electron chi connectivity index (χ1n) is 9.12. The maximum Gasteiger partial charge on any atom is 0.267 e.